The Morgan fingerprint density at radius 2 is 2.00 bits per heavy atom. The Hall–Kier alpha value is -1.41. The van der Waals surface area contributed by atoms with Gasteiger partial charge in [0.15, 0.2) is 11.5 Å². The minimum absolute atomic E-state index is 0.0251. The molecule has 120 valence electrons. The number of rotatable bonds is 9. The van der Waals surface area contributed by atoms with E-state index in [4.69, 9.17) is 4.74 Å². The molecule has 0 unspecified atom stereocenters. The van der Waals surface area contributed by atoms with E-state index >= 15 is 0 Å². The van der Waals surface area contributed by atoms with E-state index in [2.05, 4.69) is 10.1 Å². The lowest BCUT2D eigenvalue weighted by Gasteiger charge is -2.12. The van der Waals surface area contributed by atoms with Gasteiger partial charge in [-0.05, 0) is 30.7 Å². The summed E-state index contributed by atoms with van der Waals surface area (Å²) in [5, 5.41) is 3.04. The minimum atomic E-state index is -2.96. The molecule has 1 aromatic carbocycles. The van der Waals surface area contributed by atoms with E-state index in [0.29, 0.717) is 19.5 Å². The third-order valence-electron chi connectivity index (χ3n) is 2.64. The average molecular weight is 323 g/mol. The van der Waals surface area contributed by atoms with Gasteiger partial charge in [-0.2, -0.15) is 8.78 Å². The summed E-state index contributed by atoms with van der Waals surface area (Å²) in [7, 11) is -1.59. The van der Waals surface area contributed by atoms with Gasteiger partial charge in [0.1, 0.15) is 9.84 Å². The fraction of sp³-hybridized carbons (Fsp3) is 0.538. The second kappa shape index (κ2) is 8.14. The number of methoxy groups -OCH3 is 1. The van der Waals surface area contributed by atoms with E-state index in [1.165, 1.54) is 19.4 Å². The smallest absolute Gasteiger partial charge is 0.387 e. The first-order valence-electron chi connectivity index (χ1n) is 6.32. The largest absolute Gasteiger partial charge is 0.493 e. The van der Waals surface area contributed by atoms with Gasteiger partial charge in [0, 0.05) is 12.8 Å². The van der Waals surface area contributed by atoms with Crippen molar-refractivity contribution in [3.8, 4) is 11.5 Å². The molecule has 0 radical (unpaired) electrons. The number of benzene rings is 1. The first-order valence-corrected chi connectivity index (χ1v) is 8.38. The molecule has 1 aromatic rings. The molecular formula is C13H19F2NO4S. The summed E-state index contributed by atoms with van der Waals surface area (Å²) < 4.78 is 55.8. The molecule has 21 heavy (non-hydrogen) atoms. The van der Waals surface area contributed by atoms with Crippen molar-refractivity contribution in [2.45, 2.75) is 19.6 Å². The quantitative estimate of drug-likeness (QED) is 0.702. The zero-order valence-corrected chi connectivity index (χ0v) is 12.8. The summed E-state index contributed by atoms with van der Waals surface area (Å²) in [5.41, 5.74) is 0.741. The standard InChI is InChI=1S/C13H19F2NO4S/c1-19-11-5-4-10(8-12(11)20-13(14)15)9-16-6-3-7-21(2,17)18/h4-5,8,13,16H,3,6-7,9H2,1-2H3. The van der Waals surface area contributed by atoms with Gasteiger partial charge in [0.25, 0.3) is 0 Å². The van der Waals surface area contributed by atoms with Gasteiger partial charge >= 0.3 is 6.61 Å². The molecule has 0 spiro atoms. The number of hydrogen-bond donors (Lipinski definition) is 1. The van der Waals surface area contributed by atoms with Crippen molar-refractivity contribution in [3.05, 3.63) is 23.8 Å². The molecule has 1 N–H and O–H groups in total. The van der Waals surface area contributed by atoms with Crippen molar-refractivity contribution >= 4 is 9.84 Å². The lowest BCUT2D eigenvalue weighted by Crippen LogP contribution is -2.18. The summed E-state index contributed by atoms with van der Waals surface area (Å²) in [6.45, 7) is -1.98. The number of ether oxygens (including phenoxy) is 2. The molecule has 0 atom stereocenters. The molecule has 0 saturated heterocycles. The number of alkyl halides is 2. The number of halogens is 2. The van der Waals surface area contributed by atoms with Crippen LogP contribution < -0.4 is 14.8 Å². The molecule has 0 aliphatic heterocycles. The van der Waals surface area contributed by atoms with Gasteiger partial charge in [-0.15, -0.1) is 0 Å². The summed E-state index contributed by atoms with van der Waals surface area (Å²) in [6.07, 6.45) is 1.68. The van der Waals surface area contributed by atoms with Crippen molar-refractivity contribution < 1.29 is 26.7 Å². The van der Waals surface area contributed by atoms with Crippen LogP contribution in [0.25, 0.3) is 0 Å². The lowest BCUT2D eigenvalue weighted by molar-refractivity contribution is -0.0512. The van der Waals surface area contributed by atoms with Crippen LogP contribution in [0.1, 0.15) is 12.0 Å². The highest BCUT2D eigenvalue weighted by molar-refractivity contribution is 7.90. The molecular weight excluding hydrogens is 304 g/mol. The molecule has 0 bridgehead atoms. The highest BCUT2D eigenvalue weighted by Gasteiger charge is 2.11. The van der Waals surface area contributed by atoms with E-state index in [9.17, 15) is 17.2 Å². The van der Waals surface area contributed by atoms with Gasteiger partial charge < -0.3 is 14.8 Å². The average Bonchev–Trinajstić information content (AvgIpc) is 2.36. The van der Waals surface area contributed by atoms with E-state index in [1.54, 1.807) is 12.1 Å². The third kappa shape index (κ3) is 7.24. The molecule has 0 heterocycles. The first-order chi connectivity index (χ1) is 9.81. The SMILES string of the molecule is COc1ccc(CNCCCS(C)(=O)=O)cc1OC(F)F. The van der Waals surface area contributed by atoms with Crippen LogP contribution in [0, 0.1) is 0 Å². The van der Waals surface area contributed by atoms with Crippen molar-refractivity contribution in [2.75, 3.05) is 25.7 Å². The Bertz CT molecular complexity index is 549. The minimum Gasteiger partial charge on any atom is -0.493 e. The van der Waals surface area contributed by atoms with E-state index in [0.717, 1.165) is 5.56 Å². The maximum atomic E-state index is 12.3. The van der Waals surface area contributed by atoms with Crippen LogP contribution in [-0.2, 0) is 16.4 Å². The first kappa shape index (κ1) is 17.6. The Morgan fingerprint density at radius 3 is 2.57 bits per heavy atom. The molecule has 1 rings (SSSR count). The van der Waals surface area contributed by atoms with Crippen LogP contribution >= 0.6 is 0 Å². The van der Waals surface area contributed by atoms with Crippen molar-refractivity contribution in [2.24, 2.45) is 0 Å². The molecule has 0 amide bonds. The van der Waals surface area contributed by atoms with Crippen LogP contribution in [0.15, 0.2) is 18.2 Å². The van der Waals surface area contributed by atoms with Crippen LogP contribution in [0.5, 0.6) is 11.5 Å². The number of sulfone groups is 1. The second-order valence-electron chi connectivity index (χ2n) is 4.52. The van der Waals surface area contributed by atoms with Crippen LogP contribution in [0.2, 0.25) is 0 Å². The molecule has 0 fully saturated rings. The van der Waals surface area contributed by atoms with E-state index in [1.807, 2.05) is 0 Å². The summed E-state index contributed by atoms with van der Waals surface area (Å²) in [5.74, 6) is 0.321. The van der Waals surface area contributed by atoms with Crippen molar-refractivity contribution in [3.63, 3.8) is 0 Å². The second-order valence-corrected chi connectivity index (χ2v) is 6.78. The van der Waals surface area contributed by atoms with Crippen molar-refractivity contribution in [1.82, 2.24) is 5.32 Å². The Labute approximate surface area is 123 Å². The maximum Gasteiger partial charge on any atom is 0.387 e. The molecule has 0 aliphatic rings. The van der Waals surface area contributed by atoms with E-state index < -0.39 is 16.4 Å². The summed E-state index contributed by atoms with van der Waals surface area (Å²) >= 11 is 0. The predicted octanol–water partition coefficient (Wildman–Crippen LogP) is 1.82. The van der Waals surface area contributed by atoms with Crippen molar-refractivity contribution in [1.29, 1.82) is 0 Å². The zero-order chi connectivity index (χ0) is 15.9. The molecule has 5 nitrogen and oxygen atoms in total. The molecule has 0 aromatic heterocycles. The van der Waals surface area contributed by atoms with E-state index in [-0.39, 0.29) is 17.3 Å². The van der Waals surface area contributed by atoms with Crippen LogP contribution in [-0.4, -0.2) is 40.7 Å². The van der Waals surface area contributed by atoms with Crippen LogP contribution in [0.4, 0.5) is 8.78 Å². The Morgan fingerprint density at radius 1 is 1.29 bits per heavy atom. The number of nitrogens with one attached hydrogen (secondary N) is 1. The van der Waals surface area contributed by atoms with Crippen LogP contribution in [0.3, 0.4) is 0 Å². The molecule has 0 aliphatic carbocycles. The monoisotopic (exact) mass is 323 g/mol. The summed E-state index contributed by atoms with van der Waals surface area (Å²) in [6, 6.07) is 4.74. The predicted molar refractivity (Wildman–Crippen MR) is 75.7 cm³/mol. The lowest BCUT2D eigenvalue weighted by atomic mass is 10.2. The van der Waals surface area contributed by atoms with Gasteiger partial charge in [-0.3, -0.25) is 0 Å². The fourth-order valence-electron chi connectivity index (χ4n) is 1.71. The summed E-state index contributed by atoms with van der Waals surface area (Å²) in [4.78, 5) is 0. The van der Waals surface area contributed by atoms with Gasteiger partial charge in [0.2, 0.25) is 0 Å². The van der Waals surface area contributed by atoms with Gasteiger partial charge in [0.05, 0.1) is 12.9 Å². The molecule has 0 saturated carbocycles. The van der Waals surface area contributed by atoms with Gasteiger partial charge in [-0.1, -0.05) is 6.07 Å². The normalized spacial score (nSPS) is 11.7. The highest BCUT2D eigenvalue weighted by atomic mass is 32.2. The number of hydrogen-bond acceptors (Lipinski definition) is 5. The Balaban J connectivity index is 2.52. The molecule has 8 heteroatoms. The fourth-order valence-corrected chi connectivity index (χ4v) is 2.38. The zero-order valence-electron chi connectivity index (χ0n) is 11.9. The van der Waals surface area contributed by atoms with Gasteiger partial charge in [-0.25, -0.2) is 8.42 Å². The highest BCUT2D eigenvalue weighted by Crippen LogP contribution is 2.29. The topological polar surface area (TPSA) is 64.6 Å². The third-order valence-corrected chi connectivity index (χ3v) is 3.67. The Kier molecular flexibility index (Phi) is 6.83. The maximum absolute atomic E-state index is 12.3.